The molecule has 6 nitrogen and oxygen atoms in total. The van der Waals surface area contributed by atoms with Crippen LogP contribution in [0.2, 0.25) is 0 Å². The number of benzene rings is 3. The first-order valence-corrected chi connectivity index (χ1v) is 13.7. The van der Waals surface area contributed by atoms with E-state index >= 15 is 0 Å². The van der Waals surface area contributed by atoms with Gasteiger partial charge in [0.05, 0.1) is 20.9 Å². The second-order valence-electron chi connectivity index (χ2n) is 7.54. The molecule has 4 aromatic rings. The highest BCUT2D eigenvalue weighted by Gasteiger charge is 2.43. The van der Waals surface area contributed by atoms with E-state index in [0.717, 1.165) is 20.1 Å². The van der Waals surface area contributed by atoms with Gasteiger partial charge in [0.25, 0.3) is 0 Å². The summed E-state index contributed by atoms with van der Waals surface area (Å²) in [6.45, 7) is 0.583. The third-order valence-electron chi connectivity index (χ3n) is 5.49. The maximum atomic E-state index is 13.4. The summed E-state index contributed by atoms with van der Waals surface area (Å²) in [7, 11) is -3.76. The standard InChI is InChI=1S/C24H21N3O3S3/c28-22(17-31-24-25-20-13-7-8-14-21(20)32-24)26-15-16-27(23(26)18-9-3-1-4-10-18)33(29,30)19-11-5-2-6-12-19/h1-14,23H,15-17H2/t23-/m1/s1. The molecule has 1 aliphatic rings. The van der Waals surface area contributed by atoms with Gasteiger partial charge >= 0.3 is 0 Å². The van der Waals surface area contributed by atoms with Crippen LogP contribution in [-0.4, -0.2) is 47.4 Å². The molecular formula is C24H21N3O3S3. The van der Waals surface area contributed by atoms with E-state index < -0.39 is 16.2 Å². The zero-order valence-electron chi connectivity index (χ0n) is 17.6. The summed E-state index contributed by atoms with van der Waals surface area (Å²) in [4.78, 5) is 19.8. The summed E-state index contributed by atoms with van der Waals surface area (Å²) in [5, 5.41) is 0. The molecule has 1 fully saturated rings. The van der Waals surface area contributed by atoms with Gasteiger partial charge in [0.1, 0.15) is 6.17 Å². The van der Waals surface area contributed by atoms with Gasteiger partial charge in [-0.05, 0) is 29.8 Å². The predicted octanol–water partition coefficient (Wildman–Crippen LogP) is 4.62. The molecule has 0 bridgehead atoms. The Hall–Kier alpha value is -2.72. The van der Waals surface area contributed by atoms with Crippen LogP contribution >= 0.6 is 23.1 Å². The van der Waals surface area contributed by atoms with Crippen molar-refractivity contribution in [1.29, 1.82) is 0 Å². The molecule has 168 valence electrons. The van der Waals surface area contributed by atoms with E-state index in [1.54, 1.807) is 46.6 Å². The number of hydrogen-bond donors (Lipinski definition) is 0. The molecule has 0 saturated carbocycles. The van der Waals surface area contributed by atoms with Crippen LogP contribution in [0.5, 0.6) is 0 Å². The van der Waals surface area contributed by atoms with Gasteiger partial charge in [-0.25, -0.2) is 13.4 Å². The van der Waals surface area contributed by atoms with Gasteiger partial charge in [-0.1, -0.05) is 72.4 Å². The summed E-state index contributed by atoms with van der Waals surface area (Å²) in [5.41, 5.74) is 1.69. The molecule has 1 saturated heterocycles. The second-order valence-corrected chi connectivity index (χ2v) is 11.7. The largest absolute Gasteiger partial charge is 0.320 e. The number of hydrogen-bond acceptors (Lipinski definition) is 6. The molecule has 1 aromatic heterocycles. The van der Waals surface area contributed by atoms with Crippen molar-refractivity contribution in [3.8, 4) is 0 Å². The summed E-state index contributed by atoms with van der Waals surface area (Å²) in [6.07, 6.45) is -0.681. The number of carbonyl (C=O) groups is 1. The number of thiazole rings is 1. The molecule has 2 heterocycles. The lowest BCUT2D eigenvalue weighted by Gasteiger charge is -2.30. The first-order valence-electron chi connectivity index (χ1n) is 10.4. The Balaban J connectivity index is 1.40. The maximum Gasteiger partial charge on any atom is 0.245 e. The van der Waals surface area contributed by atoms with Crippen molar-refractivity contribution < 1.29 is 13.2 Å². The third kappa shape index (κ3) is 4.41. The first kappa shape index (κ1) is 22.1. The molecular weight excluding hydrogens is 474 g/mol. The normalized spacial score (nSPS) is 17.0. The Kier molecular flexibility index (Phi) is 6.20. The highest BCUT2D eigenvalue weighted by molar-refractivity contribution is 8.01. The number of amides is 1. The zero-order valence-corrected chi connectivity index (χ0v) is 20.0. The Labute approximate surface area is 200 Å². The SMILES string of the molecule is O=C(CSc1nc2ccccc2s1)N1CCN(S(=O)(=O)c2ccccc2)[C@@H]1c1ccccc1. The van der Waals surface area contributed by atoms with Crippen LogP contribution < -0.4 is 0 Å². The molecule has 5 rings (SSSR count). The maximum absolute atomic E-state index is 13.4. The monoisotopic (exact) mass is 495 g/mol. The fraction of sp³-hybridized carbons (Fsp3) is 0.167. The Morgan fingerprint density at radius 2 is 1.61 bits per heavy atom. The van der Waals surface area contributed by atoms with Crippen LogP contribution in [0.25, 0.3) is 10.2 Å². The summed E-state index contributed by atoms with van der Waals surface area (Å²) in [6, 6.07) is 25.6. The van der Waals surface area contributed by atoms with E-state index in [2.05, 4.69) is 4.98 Å². The fourth-order valence-corrected chi connectivity index (χ4v) is 7.48. The minimum atomic E-state index is -3.76. The highest BCUT2D eigenvalue weighted by Crippen LogP contribution is 2.36. The van der Waals surface area contributed by atoms with Crippen molar-refractivity contribution in [1.82, 2.24) is 14.2 Å². The quantitative estimate of drug-likeness (QED) is 0.365. The number of thioether (sulfide) groups is 1. The van der Waals surface area contributed by atoms with E-state index in [1.165, 1.54) is 16.1 Å². The number of fused-ring (bicyclic) bond motifs is 1. The van der Waals surface area contributed by atoms with Crippen molar-refractivity contribution in [2.75, 3.05) is 18.8 Å². The molecule has 1 amide bonds. The first-order chi connectivity index (χ1) is 16.0. The lowest BCUT2D eigenvalue weighted by Crippen LogP contribution is -2.38. The summed E-state index contributed by atoms with van der Waals surface area (Å²) < 4.78 is 30.2. The lowest BCUT2D eigenvalue weighted by atomic mass is 10.1. The van der Waals surface area contributed by atoms with Gasteiger partial charge in [-0.3, -0.25) is 4.79 Å². The molecule has 0 N–H and O–H groups in total. The third-order valence-corrected chi connectivity index (χ3v) is 9.52. The van der Waals surface area contributed by atoms with Gasteiger partial charge in [0.2, 0.25) is 15.9 Å². The van der Waals surface area contributed by atoms with Crippen LogP contribution in [-0.2, 0) is 14.8 Å². The van der Waals surface area contributed by atoms with Crippen LogP contribution in [0.15, 0.2) is 94.2 Å². The van der Waals surface area contributed by atoms with Crippen molar-refractivity contribution >= 4 is 49.2 Å². The minimum absolute atomic E-state index is 0.112. The van der Waals surface area contributed by atoms with Crippen LogP contribution in [0.3, 0.4) is 0 Å². The Bertz CT molecular complexity index is 1340. The van der Waals surface area contributed by atoms with Gasteiger partial charge in [0.15, 0.2) is 4.34 Å². The number of para-hydroxylation sites is 1. The smallest absolute Gasteiger partial charge is 0.245 e. The van der Waals surface area contributed by atoms with Crippen molar-refractivity contribution in [3.05, 3.63) is 90.5 Å². The molecule has 3 aromatic carbocycles. The minimum Gasteiger partial charge on any atom is -0.320 e. The molecule has 0 spiro atoms. The van der Waals surface area contributed by atoms with E-state index in [9.17, 15) is 13.2 Å². The Morgan fingerprint density at radius 3 is 2.33 bits per heavy atom. The molecule has 0 aliphatic carbocycles. The van der Waals surface area contributed by atoms with Gasteiger partial charge in [-0.15, -0.1) is 11.3 Å². The molecule has 0 unspecified atom stereocenters. The highest BCUT2D eigenvalue weighted by atomic mass is 32.2. The number of rotatable bonds is 6. The predicted molar refractivity (Wildman–Crippen MR) is 132 cm³/mol. The van der Waals surface area contributed by atoms with Gasteiger partial charge in [-0.2, -0.15) is 4.31 Å². The van der Waals surface area contributed by atoms with Crippen LogP contribution in [0.4, 0.5) is 0 Å². The summed E-state index contributed by atoms with van der Waals surface area (Å²) >= 11 is 2.95. The van der Waals surface area contributed by atoms with E-state index in [0.29, 0.717) is 6.54 Å². The molecule has 1 atom stereocenters. The van der Waals surface area contributed by atoms with E-state index in [-0.39, 0.29) is 23.1 Å². The van der Waals surface area contributed by atoms with Crippen molar-refractivity contribution in [2.45, 2.75) is 15.4 Å². The molecule has 33 heavy (non-hydrogen) atoms. The second kappa shape index (κ2) is 9.26. The number of aromatic nitrogens is 1. The van der Waals surface area contributed by atoms with Gasteiger partial charge in [0, 0.05) is 13.1 Å². The van der Waals surface area contributed by atoms with E-state index in [1.807, 2.05) is 54.6 Å². The fourth-order valence-electron chi connectivity index (χ4n) is 3.94. The zero-order chi connectivity index (χ0) is 22.8. The molecule has 0 radical (unpaired) electrons. The molecule has 1 aliphatic heterocycles. The topological polar surface area (TPSA) is 70.6 Å². The van der Waals surface area contributed by atoms with Gasteiger partial charge < -0.3 is 4.90 Å². The average Bonchev–Trinajstić information content (AvgIpc) is 3.48. The number of nitrogens with zero attached hydrogens (tertiary/aromatic N) is 3. The van der Waals surface area contributed by atoms with Crippen LogP contribution in [0, 0.1) is 0 Å². The lowest BCUT2D eigenvalue weighted by molar-refractivity contribution is -0.130. The number of carbonyl (C=O) groups excluding carboxylic acids is 1. The van der Waals surface area contributed by atoms with Crippen LogP contribution in [0.1, 0.15) is 11.7 Å². The van der Waals surface area contributed by atoms with E-state index in [4.69, 9.17) is 0 Å². The average molecular weight is 496 g/mol. The number of sulfonamides is 1. The van der Waals surface area contributed by atoms with Crippen molar-refractivity contribution in [3.63, 3.8) is 0 Å². The summed E-state index contributed by atoms with van der Waals surface area (Å²) in [5.74, 6) is 0.0846. The Morgan fingerprint density at radius 1 is 0.939 bits per heavy atom. The molecule has 9 heteroatoms. The van der Waals surface area contributed by atoms with Crippen molar-refractivity contribution in [2.24, 2.45) is 0 Å².